The van der Waals surface area contributed by atoms with E-state index in [0.717, 1.165) is 11.1 Å². The van der Waals surface area contributed by atoms with Gasteiger partial charge < -0.3 is 10.1 Å². The van der Waals surface area contributed by atoms with E-state index in [1.165, 1.54) is 6.21 Å². The minimum atomic E-state index is -0.498. The van der Waals surface area contributed by atoms with Crippen molar-refractivity contribution in [3.63, 3.8) is 0 Å². The molecule has 0 aliphatic heterocycles. The SMILES string of the molecule is O=C(CC(=O)Nc1ccccc1)NN=Cc1ccc(OCc2ccc(Cl)cc2)cc1. The van der Waals surface area contributed by atoms with Gasteiger partial charge in [-0.15, -0.1) is 0 Å². The number of hydrazone groups is 1. The molecule has 0 aliphatic carbocycles. The van der Waals surface area contributed by atoms with Crippen LogP contribution in [0.15, 0.2) is 84.0 Å². The number of hydrogen-bond acceptors (Lipinski definition) is 4. The largest absolute Gasteiger partial charge is 0.489 e. The highest BCUT2D eigenvalue weighted by molar-refractivity contribution is 6.30. The van der Waals surface area contributed by atoms with Crippen molar-refractivity contribution in [1.29, 1.82) is 0 Å². The maximum atomic E-state index is 11.8. The summed E-state index contributed by atoms with van der Waals surface area (Å²) in [7, 11) is 0. The Kier molecular flexibility index (Phi) is 7.58. The number of amides is 2. The lowest BCUT2D eigenvalue weighted by atomic mass is 10.2. The zero-order valence-corrected chi connectivity index (χ0v) is 16.8. The number of halogens is 1. The van der Waals surface area contributed by atoms with Gasteiger partial charge in [-0.1, -0.05) is 41.9 Å². The smallest absolute Gasteiger partial charge is 0.249 e. The van der Waals surface area contributed by atoms with Crippen molar-refractivity contribution in [2.75, 3.05) is 5.32 Å². The summed E-state index contributed by atoms with van der Waals surface area (Å²) in [6, 6.07) is 23.6. The highest BCUT2D eigenvalue weighted by Gasteiger charge is 2.08. The van der Waals surface area contributed by atoms with Gasteiger partial charge in [-0.3, -0.25) is 9.59 Å². The lowest BCUT2D eigenvalue weighted by Gasteiger charge is -2.06. The molecule has 0 unspecified atom stereocenters. The number of ether oxygens (including phenoxy) is 1. The van der Waals surface area contributed by atoms with E-state index in [9.17, 15) is 9.59 Å². The van der Waals surface area contributed by atoms with Crippen molar-refractivity contribution in [1.82, 2.24) is 5.43 Å². The first kappa shape index (κ1) is 21.1. The fraction of sp³-hybridized carbons (Fsp3) is 0.0870. The van der Waals surface area contributed by atoms with Gasteiger partial charge in [0.2, 0.25) is 11.8 Å². The molecular formula is C23H20ClN3O3. The molecule has 0 heterocycles. The molecule has 3 rings (SSSR count). The molecule has 0 saturated carbocycles. The Bertz CT molecular complexity index is 1000. The number of hydrogen-bond donors (Lipinski definition) is 2. The number of nitrogens with zero attached hydrogens (tertiary/aromatic N) is 1. The van der Waals surface area contributed by atoms with Crippen molar-refractivity contribution < 1.29 is 14.3 Å². The van der Waals surface area contributed by atoms with E-state index in [1.54, 1.807) is 24.3 Å². The zero-order valence-electron chi connectivity index (χ0n) is 16.0. The topological polar surface area (TPSA) is 79.8 Å². The van der Waals surface area contributed by atoms with Crippen LogP contribution in [0.4, 0.5) is 5.69 Å². The van der Waals surface area contributed by atoms with Crippen LogP contribution < -0.4 is 15.5 Å². The zero-order chi connectivity index (χ0) is 21.2. The van der Waals surface area contributed by atoms with Crippen LogP contribution in [0.2, 0.25) is 5.02 Å². The highest BCUT2D eigenvalue weighted by Crippen LogP contribution is 2.15. The molecule has 2 N–H and O–H groups in total. The number of carbonyl (C=O) groups is 2. The second-order valence-electron chi connectivity index (χ2n) is 6.37. The average molecular weight is 422 g/mol. The molecule has 0 radical (unpaired) electrons. The van der Waals surface area contributed by atoms with Gasteiger partial charge in [0.25, 0.3) is 0 Å². The molecule has 2 amide bonds. The predicted molar refractivity (Wildman–Crippen MR) is 118 cm³/mol. The van der Waals surface area contributed by atoms with E-state index >= 15 is 0 Å². The van der Waals surface area contributed by atoms with Gasteiger partial charge in [0, 0.05) is 10.7 Å². The van der Waals surface area contributed by atoms with Crippen molar-refractivity contribution in [2.45, 2.75) is 13.0 Å². The molecule has 0 aromatic heterocycles. The number of rotatable bonds is 8. The summed E-state index contributed by atoms with van der Waals surface area (Å²) in [5.41, 5.74) is 4.78. The Morgan fingerprint density at radius 2 is 1.60 bits per heavy atom. The molecule has 6 nitrogen and oxygen atoms in total. The van der Waals surface area contributed by atoms with Crippen LogP contribution in [0.25, 0.3) is 0 Å². The van der Waals surface area contributed by atoms with Gasteiger partial charge in [0.05, 0.1) is 6.21 Å². The summed E-state index contributed by atoms with van der Waals surface area (Å²) in [6.45, 7) is 0.436. The first-order valence-corrected chi connectivity index (χ1v) is 9.60. The summed E-state index contributed by atoms with van der Waals surface area (Å²) in [5.74, 6) is -0.192. The van der Waals surface area contributed by atoms with Crippen LogP contribution in [0, 0.1) is 0 Å². The van der Waals surface area contributed by atoms with E-state index in [0.29, 0.717) is 23.1 Å². The first-order chi connectivity index (χ1) is 14.6. The van der Waals surface area contributed by atoms with Crippen LogP contribution >= 0.6 is 11.6 Å². The number of nitrogens with one attached hydrogen (secondary N) is 2. The van der Waals surface area contributed by atoms with Crippen LogP contribution in [0.5, 0.6) is 5.75 Å². The molecular weight excluding hydrogens is 402 g/mol. The number of carbonyl (C=O) groups excluding carboxylic acids is 2. The van der Waals surface area contributed by atoms with Crippen molar-refractivity contribution in [3.8, 4) is 5.75 Å². The monoisotopic (exact) mass is 421 g/mol. The van der Waals surface area contributed by atoms with Crippen LogP contribution in [-0.2, 0) is 16.2 Å². The summed E-state index contributed by atoms with van der Waals surface area (Å²) >= 11 is 5.87. The summed E-state index contributed by atoms with van der Waals surface area (Å²) in [5, 5.41) is 7.20. The molecule has 0 saturated heterocycles. The Balaban J connectivity index is 1.41. The second-order valence-corrected chi connectivity index (χ2v) is 6.80. The van der Waals surface area contributed by atoms with Crippen LogP contribution in [0.1, 0.15) is 17.5 Å². The second kappa shape index (κ2) is 10.8. The van der Waals surface area contributed by atoms with Gasteiger partial charge >= 0.3 is 0 Å². The summed E-state index contributed by atoms with van der Waals surface area (Å²) < 4.78 is 5.72. The van der Waals surface area contributed by atoms with Crippen molar-refractivity contribution >= 4 is 35.3 Å². The normalized spacial score (nSPS) is 10.6. The standard InChI is InChI=1S/C23H20ClN3O3/c24-19-10-6-18(7-11-19)16-30-21-12-8-17(9-13-21)15-25-27-23(29)14-22(28)26-20-4-2-1-3-5-20/h1-13,15H,14,16H2,(H,26,28)(H,27,29). The first-order valence-electron chi connectivity index (χ1n) is 9.22. The summed E-state index contributed by atoms with van der Waals surface area (Å²) in [4.78, 5) is 23.6. The fourth-order valence-electron chi connectivity index (χ4n) is 2.49. The number of benzene rings is 3. The van der Waals surface area contributed by atoms with Crippen molar-refractivity contribution in [3.05, 3.63) is 95.0 Å². The highest BCUT2D eigenvalue weighted by atomic mass is 35.5. The molecule has 0 spiro atoms. The molecule has 0 atom stereocenters. The van der Waals surface area contributed by atoms with E-state index in [4.69, 9.17) is 16.3 Å². The number of anilines is 1. The van der Waals surface area contributed by atoms with Gasteiger partial charge in [-0.05, 0) is 59.7 Å². The molecule has 3 aromatic carbocycles. The third kappa shape index (κ3) is 7.07. The third-order valence-corrected chi connectivity index (χ3v) is 4.23. The van der Waals surface area contributed by atoms with Crippen LogP contribution in [0.3, 0.4) is 0 Å². The minimum absolute atomic E-state index is 0.316. The maximum absolute atomic E-state index is 11.8. The van der Waals surface area contributed by atoms with Gasteiger partial charge in [-0.2, -0.15) is 5.10 Å². The molecule has 0 aliphatic rings. The lowest BCUT2D eigenvalue weighted by molar-refractivity contribution is -0.126. The van der Waals surface area contributed by atoms with Gasteiger partial charge in [0.15, 0.2) is 0 Å². The molecule has 3 aromatic rings. The van der Waals surface area contributed by atoms with Gasteiger partial charge in [-0.25, -0.2) is 5.43 Å². The maximum Gasteiger partial charge on any atom is 0.249 e. The fourth-order valence-corrected chi connectivity index (χ4v) is 2.61. The van der Waals surface area contributed by atoms with E-state index in [2.05, 4.69) is 15.8 Å². The Hall–Kier alpha value is -3.64. The average Bonchev–Trinajstić information content (AvgIpc) is 2.75. The Morgan fingerprint density at radius 3 is 2.30 bits per heavy atom. The van der Waals surface area contributed by atoms with E-state index in [1.807, 2.05) is 54.6 Å². The van der Waals surface area contributed by atoms with Gasteiger partial charge in [0.1, 0.15) is 18.8 Å². The summed E-state index contributed by atoms with van der Waals surface area (Å²) in [6.07, 6.45) is 1.18. The lowest BCUT2D eigenvalue weighted by Crippen LogP contribution is -2.24. The quantitative estimate of drug-likeness (QED) is 0.321. The molecule has 30 heavy (non-hydrogen) atoms. The minimum Gasteiger partial charge on any atom is -0.489 e. The predicted octanol–water partition coefficient (Wildman–Crippen LogP) is 4.40. The van der Waals surface area contributed by atoms with Crippen LogP contribution in [-0.4, -0.2) is 18.0 Å². The third-order valence-electron chi connectivity index (χ3n) is 3.98. The molecule has 152 valence electrons. The van der Waals surface area contributed by atoms with E-state index < -0.39 is 11.8 Å². The molecule has 0 bridgehead atoms. The molecule has 0 fully saturated rings. The van der Waals surface area contributed by atoms with Crippen molar-refractivity contribution in [2.24, 2.45) is 5.10 Å². The Morgan fingerprint density at radius 1 is 0.900 bits per heavy atom. The Labute approximate surface area is 179 Å². The number of para-hydroxylation sites is 1. The van der Waals surface area contributed by atoms with E-state index in [-0.39, 0.29) is 6.42 Å². The molecule has 7 heteroatoms.